The number of benzene rings is 2. The number of amides is 1. The van der Waals surface area contributed by atoms with Crippen LogP contribution in [0.2, 0.25) is 10.0 Å². The number of rotatable bonds is 8. The number of likely N-dealkylation sites (tertiary alicyclic amines) is 1. The van der Waals surface area contributed by atoms with Crippen LogP contribution in [0.4, 0.5) is 4.79 Å². The van der Waals surface area contributed by atoms with E-state index in [1.54, 1.807) is 18.7 Å². The number of ether oxygens (including phenoxy) is 1. The van der Waals surface area contributed by atoms with E-state index < -0.39 is 5.60 Å². The molecule has 7 heteroatoms. The lowest BCUT2D eigenvalue weighted by Gasteiger charge is -2.42. The van der Waals surface area contributed by atoms with Crippen molar-refractivity contribution in [3.8, 4) is 0 Å². The average molecular weight is 631 g/mol. The lowest BCUT2D eigenvalue weighted by atomic mass is 9.66. The van der Waals surface area contributed by atoms with Crippen LogP contribution in [-0.2, 0) is 25.2 Å². The molecule has 1 heterocycles. The molecule has 5 nitrogen and oxygen atoms in total. The minimum absolute atomic E-state index is 0.0885. The number of halogens is 2. The van der Waals surface area contributed by atoms with Gasteiger partial charge in [-0.15, -0.1) is 0 Å². The smallest absolute Gasteiger partial charge is 0.410 e. The van der Waals surface area contributed by atoms with Crippen molar-refractivity contribution >= 4 is 40.9 Å². The minimum Gasteiger partial charge on any atom is -0.444 e. The number of nitrogens with zero attached hydrogens (tertiary/aromatic N) is 1. The van der Waals surface area contributed by atoms with E-state index in [2.05, 4.69) is 12.1 Å². The third kappa shape index (κ3) is 10.6. The van der Waals surface area contributed by atoms with Crippen LogP contribution < -0.4 is 0 Å². The van der Waals surface area contributed by atoms with E-state index >= 15 is 0 Å². The summed E-state index contributed by atoms with van der Waals surface area (Å²) in [6.07, 6.45) is 10.7. The van der Waals surface area contributed by atoms with Crippen molar-refractivity contribution in [1.29, 1.82) is 0 Å². The molecule has 0 bridgehead atoms. The van der Waals surface area contributed by atoms with Gasteiger partial charge in [0.1, 0.15) is 17.2 Å². The molecule has 0 N–H and O–H groups in total. The Bertz CT molecular complexity index is 1200. The molecule has 0 spiro atoms. The predicted octanol–water partition coefficient (Wildman–Crippen LogP) is 9.89. The summed E-state index contributed by atoms with van der Waals surface area (Å²) in [5.74, 6) is 0.497. The van der Waals surface area contributed by atoms with Crippen LogP contribution in [0.15, 0.2) is 48.5 Å². The molecular formula is C36H49Cl2NO4. The van der Waals surface area contributed by atoms with Crippen LogP contribution >= 0.6 is 23.2 Å². The zero-order valence-corrected chi connectivity index (χ0v) is 28.2. The first-order valence-corrected chi connectivity index (χ1v) is 16.5. The first-order valence-electron chi connectivity index (χ1n) is 15.7. The summed E-state index contributed by atoms with van der Waals surface area (Å²) in [4.78, 5) is 36.9. The number of ketones is 2. The largest absolute Gasteiger partial charge is 0.444 e. The molecule has 4 rings (SSSR count). The van der Waals surface area contributed by atoms with E-state index in [1.165, 1.54) is 43.2 Å². The molecule has 0 unspecified atom stereocenters. The zero-order chi connectivity index (χ0) is 31.7. The maximum atomic E-state index is 12.3. The van der Waals surface area contributed by atoms with Crippen molar-refractivity contribution in [2.45, 2.75) is 122 Å². The zero-order valence-electron chi connectivity index (χ0n) is 26.6. The van der Waals surface area contributed by atoms with Gasteiger partial charge in [0.15, 0.2) is 0 Å². The van der Waals surface area contributed by atoms with Crippen molar-refractivity contribution in [2.75, 3.05) is 13.1 Å². The number of carbonyl (C=O) groups is 3. The Balaban J connectivity index is 0.000000248. The van der Waals surface area contributed by atoms with Crippen molar-refractivity contribution in [1.82, 2.24) is 4.90 Å². The summed E-state index contributed by atoms with van der Waals surface area (Å²) in [6.45, 7) is 10.2. The molecular weight excluding hydrogens is 581 g/mol. The van der Waals surface area contributed by atoms with Crippen molar-refractivity contribution in [3.63, 3.8) is 0 Å². The molecule has 1 saturated carbocycles. The van der Waals surface area contributed by atoms with Gasteiger partial charge in [-0.05, 0) is 119 Å². The van der Waals surface area contributed by atoms with Gasteiger partial charge in [-0.3, -0.25) is 0 Å². The van der Waals surface area contributed by atoms with Crippen molar-refractivity contribution in [3.05, 3.63) is 69.7 Å². The quantitative estimate of drug-likeness (QED) is 0.291. The number of Topliss-reactive ketones (excluding diaryl/α,β-unsaturated/α-hetero) is 2. The van der Waals surface area contributed by atoms with Crippen LogP contribution in [0.1, 0.15) is 116 Å². The van der Waals surface area contributed by atoms with Gasteiger partial charge in [-0.2, -0.15) is 0 Å². The number of piperidine rings is 1. The molecule has 1 aliphatic carbocycles. The number of hydrogen-bond acceptors (Lipinski definition) is 4. The standard InChI is InChI=1S/C20H28ClNO3.C16H21ClO/c1-15(23)9-10-20(16-5-7-17(21)8-6-16)11-13-22(14-12-20)18(24)25-19(2,3)4;1-13(18)9-12-16(10-3-2-4-11-16)14-5-7-15(17)8-6-14/h5-8H,9-14H2,1-4H3;5-8H,2-4,9-12H2,1H3. The molecule has 236 valence electrons. The fraction of sp³-hybridized carbons (Fsp3) is 0.583. The summed E-state index contributed by atoms with van der Waals surface area (Å²) < 4.78 is 5.48. The second-order valence-corrected chi connectivity index (χ2v) is 14.4. The Kier molecular flexibility index (Phi) is 12.7. The normalized spacial score (nSPS) is 17.8. The third-order valence-corrected chi connectivity index (χ3v) is 9.51. The van der Waals surface area contributed by atoms with Gasteiger partial charge < -0.3 is 19.2 Å². The van der Waals surface area contributed by atoms with Crippen LogP contribution in [0.5, 0.6) is 0 Å². The fourth-order valence-electron chi connectivity index (χ4n) is 6.48. The first kappa shape index (κ1) is 35.1. The molecule has 1 amide bonds. The third-order valence-electron chi connectivity index (χ3n) is 9.01. The van der Waals surface area contributed by atoms with Crippen molar-refractivity contribution < 1.29 is 19.1 Å². The Labute approximate surface area is 268 Å². The Hall–Kier alpha value is -2.37. The summed E-state index contributed by atoms with van der Waals surface area (Å²) in [6, 6.07) is 16.1. The highest BCUT2D eigenvalue weighted by Crippen LogP contribution is 2.43. The molecule has 0 radical (unpaired) electrons. The van der Waals surface area contributed by atoms with Crippen LogP contribution in [-0.4, -0.2) is 41.3 Å². The Morgan fingerprint density at radius 1 is 0.698 bits per heavy atom. The Morgan fingerprint density at radius 2 is 1.09 bits per heavy atom. The average Bonchev–Trinajstić information content (AvgIpc) is 2.96. The second-order valence-electron chi connectivity index (χ2n) is 13.5. The van der Waals surface area contributed by atoms with Gasteiger partial charge in [-0.1, -0.05) is 66.7 Å². The minimum atomic E-state index is -0.490. The molecule has 0 aromatic heterocycles. The summed E-state index contributed by atoms with van der Waals surface area (Å²) in [5, 5.41) is 1.49. The fourth-order valence-corrected chi connectivity index (χ4v) is 6.73. The highest BCUT2D eigenvalue weighted by atomic mass is 35.5. The van der Waals surface area contributed by atoms with Gasteiger partial charge in [0.2, 0.25) is 0 Å². The van der Waals surface area contributed by atoms with Gasteiger partial charge in [0, 0.05) is 36.0 Å². The predicted molar refractivity (Wildman–Crippen MR) is 176 cm³/mol. The van der Waals surface area contributed by atoms with E-state index in [0.29, 0.717) is 36.7 Å². The maximum Gasteiger partial charge on any atom is 0.410 e. The summed E-state index contributed by atoms with van der Waals surface area (Å²) in [7, 11) is 0. The van der Waals surface area contributed by atoms with Gasteiger partial charge in [0.05, 0.1) is 0 Å². The van der Waals surface area contributed by atoms with E-state index in [4.69, 9.17) is 27.9 Å². The number of carbonyl (C=O) groups excluding carboxylic acids is 3. The van der Waals surface area contributed by atoms with E-state index in [1.807, 2.05) is 57.2 Å². The molecule has 2 fully saturated rings. The van der Waals surface area contributed by atoms with Crippen LogP contribution in [0.3, 0.4) is 0 Å². The second kappa shape index (κ2) is 15.6. The number of hydrogen-bond donors (Lipinski definition) is 0. The highest BCUT2D eigenvalue weighted by Gasteiger charge is 2.38. The molecule has 2 aromatic carbocycles. The Morgan fingerprint density at radius 3 is 1.47 bits per heavy atom. The van der Waals surface area contributed by atoms with Gasteiger partial charge >= 0.3 is 6.09 Å². The SMILES string of the molecule is CC(=O)CCC1(c2ccc(Cl)cc2)CCCCC1.CC(=O)CCC1(c2ccc(Cl)cc2)CCN(C(=O)OC(C)(C)C)CC1. The van der Waals surface area contributed by atoms with Crippen LogP contribution in [0, 0.1) is 0 Å². The summed E-state index contributed by atoms with van der Waals surface area (Å²) in [5.41, 5.74) is 2.20. The molecule has 2 aromatic rings. The van der Waals surface area contributed by atoms with Crippen LogP contribution in [0.25, 0.3) is 0 Å². The highest BCUT2D eigenvalue weighted by molar-refractivity contribution is 6.30. The van der Waals surface area contributed by atoms with E-state index in [9.17, 15) is 14.4 Å². The maximum absolute atomic E-state index is 12.3. The molecule has 1 saturated heterocycles. The van der Waals surface area contributed by atoms with Crippen molar-refractivity contribution in [2.24, 2.45) is 0 Å². The lowest BCUT2D eigenvalue weighted by Crippen LogP contribution is -2.47. The molecule has 0 atom stereocenters. The monoisotopic (exact) mass is 629 g/mol. The van der Waals surface area contributed by atoms with Gasteiger partial charge in [0.25, 0.3) is 0 Å². The van der Waals surface area contributed by atoms with E-state index in [-0.39, 0.29) is 22.7 Å². The summed E-state index contributed by atoms with van der Waals surface area (Å²) >= 11 is 12.0. The lowest BCUT2D eigenvalue weighted by molar-refractivity contribution is -0.118. The molecule has 1 aliphatic heterocycles. The molecule has 2 aliphatic rings. The molecule has 43 heavy (non-hydrogen) atoms. The topological polar surface area (TPSA) is 63.7 Å². The first-order chi connectivity index (χ1) is 20.2. The van der Waals surface area contributed by atoms with Gasteiger partial charge in [-0.25, -0.2) is 4.79 Å². The van der Waals surface area contributed by atoms with E-state index in [0.717, 1.165) is 30.7 Å².